The minimum absolute atomic E-state index is 0.0504. The number of halogens is 1. The van der Waals surface area contributed by atoms with Gasteiger partial charge >= 0.3 is 5.97 Å². The Balaban J connectivity index is 1.68. The summed E-state index contributed by atoms with van der Waals surface area (Å²) < 4.78 is 0.895. The third kappa shape index (κ3) is 3.51. The highest BCUT2D eigenvalue weighted by atomic mass is 79.9. The summed E-state index contributed by atoms with van der Waals surface area (Å²) in [7, 11) is 0. The average molecular weight is 454 g/mol. The Kier molecular flexibility index (Phi) is 4.89. The number of hydrogen-bond acceptors (Lipinski definition) is 5. The number of aromatic nitrogens is 2. The lowest BCUT2D eigenvalue weighted by Crippen LogP contribution is -2.15. The highest BCUT2D eigenvalue weighted by Gasteiger charge is 2.22. The first-order chi connectivity index (χ1) is 13.5. The molecule has 2 aromatic heterocycles. The van der Waals surface area contributed by atoms with Crippen LogP contribution in [0.4, 0.5) is 5.00 Å². The van der Waals surface area contributed by atoms with E-state index in [4.69, 9.17) is 0 Å². The van der Waals surface area contributed by atoms with Gasteiger partial charge in [-0.05, 0) is 29.8 Å². The van der Waals surface area contributed by atoms with E-state index in [0.29, 0.717) is 16.6 Å². The number of carboxylic acids is 1. The van der Waals surface area contributed by atoms with Gasteiger partial charge in [0.25, 0.3) is 5.91 Å². The van der Waals surface area contributed by atoms with E-state index in [2.05, 4.69) is 31.2 Å². The molecule has 2 aromatic carbocycles. The van der Waals surface area contributed by atoms with E-state index in [0.717, 1.165) is 21.4 Å². The number of rotatable bonds is 4. The molecule has 2 heterocycles. The van der Waals surface area contributed by atoms with Gasteiger partial charge in [-0.15, -0.1) is 11.3 Å². The van der Waals surface area contributed by atoms with Gasteiger partial charge in [-0.3, -0.25) is 9.78 Å². The Morgan fingerprint density at radius 1 is 1.04 bits per heavy atom. The number of aromatic carboxylic acids is 1. The molecule has 0 radical (unpaired) electrons. The van der Waals surface area contributed by atoms with Crippen LogP contribution in [0, 0.1) is 0 Å². The molecular formula is C20H12BrN3O3S. The van der Waals surface area contributed by atoms with Crippen molar-refractivity contribution in [2.45, 2.75) is 0 Å². The lowest BCUT2D eigenvalue weighted by atomic mass is 10.0. The van der Waals surface area contributed by atoms with Gasteiger partial charge in [-0.1, -0.05) is 40.2 Å². The molecule has 0 bridgehead atoms. The van der Waals surface area contributed by atoms with Gasteiger partial charge < -0.3 is 10.4 Å². The van der Waals surface area contributed by atoms with Crippen molar-refractivity contribution in [1.82, 2.24) is 9.97 Å². The summed E-state index contributed by atoms with van der Waals surface area (Å²) >= 11 is 4.52. The number of para-hydroxylation sites is 2. The molecule has 0 fully saturated rings. The number of amides is 1. The molecule has 4 aromatic rings. The molecular weight excluding hydrogens is 442 g/mol. The Hall–Kier alpha value is -3.10. The number of nitrogens with zero attached hydrogens (tertiary/aromatic N) is 2. The van der Waals surface area contributed by atoms with E-state index in [1.54, 1.807) is 17.5 Å². The highest BCUT2D eigenvalue weighted by molar-refractivity contribution is 9.10. The molecule has 0 saturated heterocycles. The van der Waals surface area contributed by atoms with Crippen LogP contribution in [0.5, 0.6) is 0 Å². The fourth-order valence-electron chi connectivity index (χ4n) is 2.74. The Bertz CT molecular complexity index is 1210. The fourth-order valence-corrected chi connectivity index (χ4v) is 3.96. The Labute approximate surface area is 172 Å². The van der Waals surface area contributed by atoms with Crippen molar-refractivity contribution >= 4 is 55.2 Å². The average Bonchev–Trinajstić information content (AvgIpc) is 3.12. The number of carbonyl (C=O) groups is 2. The summed E-state index contributed by atoms with van der Waals surface area (Å²) in [6.07, 6.45) is 1.38. The normalized spacial score (nSPS) is 10.8. The molecule has 0 aliphatic heterocycles. The van der Waals surface area contributed by atoms with Crippen LogP contribution in [0.1, 0.15) is 20.8 Å². The number of thiophene rings is 1. The summed E-state index contributed by atoms with van der Waals surface area (Å²) in [6.45, 7) is 0. The van der Waals surface area contributed by atoms with Crippen molar-refractivity contribution in [2.24, 2.45) is 0 Å². The largest absolute Gasteiger partial charge is 0.478 e. The number of hydrogen-bond donors (Lipinski definition) is 2. The lowest BCUT2D eigenvalue weighted by molar-refractivity contribution is 0.0699. The summed E-state index contributed by atoms with van der Waals surface area (Å²) in [5.41, 5.74) is 2.74. The first-order valence-corrected chi connectivity index (χ1v) is 9.84. The molecule has 0 unspecified atom stereocenters. The predicted molar refractivity (Wildman–Crippen MR) is 112 cm³/mol. The van der Waals surface area contributed by atoms with Gasteiger partial charge in [0.15, 0.2) is 0 Å². The molecule has 0 aliphatic rings. The zero-order valence-electron chi connectivity index (χ0n) is 14.2. The van der Waals surface area contributed by atoms with Crippen LogP contribution >= 0.6 is 27.3 Å². The van der Waals surface area contributed by atoms with E-state index in [9.17, 15) is 14.7 Å². The maximum atomic E-state index is 12.6. The molecule has 4 rings (SSSR count). The smallest absolute Gasteiger partial charge is 0.339 e. The third-order valence-corrected chi connectivity index (χ3v) is 5.49. The van der Waals surface area contributed by atoms with Crippen LogP contribution in [-0.4, -0.2) is 27.0 Å². The van der Waals surface area contributed by atoms with Crippen LogP contribution in [0.3, 0.4) is 0 Å². The quantitative estimate of drug-likeness (QED) is 0.449. The van der Waals surface area contributed by atoms with Gasteiger partial charge in [-0.2, -0.15) is 0 Å². The summed E-state index contributed by atoms with van der Waals surface area (Å²) in [6, 6.07) is 14.5. The Morgan fingerprint density at radius 3 is 2.46 bits per heavy atom. The SMILES string of the molecule is O=C(Nc1scc(-c2ccc(Br)cc2)c1C(=O)O)c1cnc2ccccc2n1. The minimum Gasteiger partial charge on any atom is -0.478 e. The lowest BCUT2D eigenvalue weighted by Gasteiger charge is -2.06. The van der Waals surface area contributed by atoms with Crippen LogP contribution in [0.15, 0.2) is 64.6 Å². The van der Waals surface area contributed by atoms with Gasteiger partial charge in [0.2, 0.25) is 0 Å². The molecule has 0 aliphatic carbocycles. The number of carbonyl (C=O) groups excluding carboxylic acids is 1. The van der Waals surface area contributed by atoms with E-state index in [-0.39, 0.29) is 16.3 Å². The number of benzene rings is 2. The van der Waals surface area contributed by atoms with E-state index < -0.39 is 11.9 Å². The van der Waals surface area contributed by atoms with Crippen molar-refractivity contribution in [3.63, 3.8) is 0 Å². The molecule has 138 valence electrons. The highest BCUT2D eigenvalue weighted by Crippen LogP contribution is 2.36. The standard InChI is InChI=1S/C20H12BrN3O3S/c21-12-7-5-11(6-8-12)13-10-28-19(17(13)20(26)27)24-18(25)16-9-22-14-3-1-2-4-15(14)23-16/h1-10H,(H,24,25)(H,26,27). The second-order valence-electron chi connectivity index (χ2n) is 5.86. The number of carboxylic acid groups (broad SMARTS) is 1. The van der Waals surface area contributed by atoms with Gasteiger partial charge in [0.1, 0.15) is 16.3 Å². The molecule has 6 nitrogen and oxygen atoms in total. The number of anilines is 1. The van der Waals surface area contributed by atoms with Crippen molar-refractivity contribution in [3.05, 3.63) is 75.8 Å². The molecule has 8 heteroatoms. The van der Waals surface area contributed by atoms with Crippen molar-refractivity contribution in [1.29, 1.82) is 0 Å². The summed E-state index contributed by atoms with van der Waals surface area (Å²) in [5, 5.41) is 14.3. The first kappa shape index (κ1) is 18.3. The van der Waals surface area contributed by atoms with E-state index in [1.807, 2.05) is 36.4 Å². The second-order valence-corrected chi connectivity index (χ2v) is 7.66. The third-order valence-electron chi connectivity index (χ3n) is 4.07. The van der Waals surface area contributed by atoms with Gasteiger partial charge in [0.05, 0.1) is 17.2 Å². The Morgan fingerprint density at radius 2 is 1.75 bits per heavy atom. The van der Waals surface area contributed by atoms with Crippen LogP contribution in [0.2, 0.25) is 0 Å². The molecule has 2 N–H and O–H groups in total. The maximum absolute atomic E-state index is 12.6. The molecule has 28 heavy (non-hydrogen) atoms. The van der Waals surface area contributed by atoms with E-state index >= 15 is 0 Å². The minimum atomic E-state index is -1.11. The monoisotopic (exact) mass is 453 g/mol. The topological polar surface area (TPSA) is 92.2 Å². The fraction of sp³-hybridized carbons (Fsp3) is 0. The van der Waals surface area contributed by atoms with Crippen LogP contribution < -0.4 is 5.32 Å². The zero-order chi connectivity index (χ0) is 19.7. The predicted octanol–water partition coefficient (Wildman–Crippen LogP) is 5.07. The second kappa shape index (κ2) is 7.49. The number of fused-ring (bicyclic) bond motifs is 1. The van der Waals surface area contributed by atoms with Crippen LogP contribution in [-0.2, 0) is 0 Å². The summed E-state index contributed by atoms with van der Waals surface area (Å²) in [4.78, 5) is 33.0. The molecule has 0 atom stereocenters. The van der Waals surface area contributed by atoms with Crippen molar-refractivity contribution in [2.75, 3.05) is 5.32 Å². The maximum Gasteiger partial charge on any atom is 0.339 e. The summed E-state index contributed by atoms with van der Waals surface area (Å²) in [5.74, 6) is -1.62. The van der Waals surface area contributed by atoms with Crippen molar-refractivity contribution < 1.29 is 14.7 Å². The van der Waals surface area contributed by atoms with Gasteiger partial charge in [0, 0.05) is 15.4 Å². The molecule has 0 saturated carbocycles. The van der Waals surface area contributed by atoms with Gasteiger partial charge in [-0.25, -0.2) is 9.78 Å². The number of nitrogens with one attached hydrogen (secondary N) is 1. The molecule has 0 spiro atoms. The zero-order valence-corrected chi connectivity index (χ0v) is 16.6. The molecule has 1 amide bonds. The first-order valence-electron chi connectivity index (χ1n) is 8.17. The van der Waals surface area contributed by atoms with E-state index in [1.165, 1.54) is 6.20 Å². The van der Waals surface area contributed by atoms with Crippen molar-refractivity contribution in [3.8, 4) is 11.1 Å². The van der Waals surface area contributed by atoms with Crippen LogP contribution in [0.25, 0.3) is 22.2 Å².